The highest BCUT2D eigenvalue weighted by molar-refractivity contribution is 6.28. The van der Waals surface area contributed by atoms with Crippen molar-refractivity contribution in [3.8, 4) is 0 Å². The van der Waals surface area contributed by atoms with Crippen molar-refractivity contribution in [3.63, 3.8) is 0 Å². The molecule has 0 aliphatic carbocycles. The van der Waals surface area contributed by atoms with Crippen LogP contribution in [0.4, 0.5) is 0 Å². The number of halogens is 1. The summed E-state index contributed by atoms with van der Waals surface area (Å²) in [6, 6.07) is 2.44. The zero-order chi connectivity index (χ0) is 9.80. The Morgan fingerprint density at radius 1 is 1.64 bits per heavy atom. The molecule has 5 heteroatoms. The first-order chi connectivity index (χ1) is 6.84. The number of rotatable bonds is 3. The fraction of sp³-hybridized carbons (Fsp3) is 0.556. The summed E-state index contributed by atoms with van der Waals surface area (Å²) in [5.41, 5.74) is 0.942. The molecular formula is C9H13ClN4. The Morgan fingerprint density at radius 3 is 3.29 bits per heavy atom. The maximum Gasteiger partial charge on any atom is 0.222 e. The Hall–Kier alpha value is -0.710. The molecule has 0 unspecified atom stereocenters. The fourth-order valence-electron chi connectivity index (χ4n) is 1.55. The number of nitrogens with one attached hydrogen (secondary N) is 2. The molecule has 4 nitrogen and oxygen atoms in total. The second kappa shape index (κ2) is 4.68. The molecule has 0 spiro atoms. The molecule has 1 saturated heterocycles. The minimum absolute atomic E-state index is 0.314. The van der Waals surface area contributed by atoms with Gasteiger partial charge in [0.05, 0.1) is 5.69 Å². The lowest BCUT2D eigenvalue weighted by Crippen LogP contribution is -2.30. The van der Waals surface area contributed by atoms with Crippen molar-refractivity contribution in [1.29, 1.82) is 0 Å². The number of hydrogen-bond acceptors (Lipinski definition) is 4. The summed E-state index contributed by atoms with van der Waals surface area (Å²) < 4.78 is 0. The van der Waals surface area contributed by atoms with Crippen LogP contribution in [0.25, 0.3) is 0 Å². The molecule has 2 rings (SSSR count). The monoisotopic (exact) mass is 212 g/mol. The molecule has 1 aliphatic rings. The Morgan fingerprint density at radius 2 is 2.57 bits per heavy atom. The van der Waals surface area contributed by atoms with E-state index in [1.165, 1.54) is 6.42 Å². The minimum Gasteiger partial charge on any atom is -0.315 e. The fourth-order valence-corrected chi connectivity index (χ4v) is 1.71. The molecular weight excluding hydrogens is 200 g/mol. The zero-order valence-corrected chi connectivity index (χ0v) is 8.59. The normalized spacial score (nSPS) is 21.4. The predicted molar refractivity (Wildman–Crippen MR) is 55.2 cm³/mol. The Kier molecular flexibility index (Phi) is 3.29. The van der Waals surface area contributed by atoms with Gasteiger partial charge >= 0.3 is 0 Å². The number of nitrogens with zero attached hydrogens (tertiary/aromatic N) is 2. The smallest absolute Gasteiger partial charge is 0.222 e. The standard InChI is InChI=1S/C9H13ClN4/c10-9-12-4-2-8(14-9)6-13-7-1-3-11-5-7/h2,4,7,11,13H,1,3,5-6H2/t7-/m0/s1. The lowest BCUT2D eigenvalue weighted by Gasteiger charge is -2.10. The van der Waals surface area contributed by atoms with Gasteiger partial charge in [-0.1, -0.05) is 0 Å². The third-order valence-corrected chi connectivity index (χ3v) is 2.50. The van der Waals surface area contributed by atoms with Gasteiger partial charge in [0, 0.05) is 25.3 Å². The highest BCUT2D eigenvalue weighted by Gasteiger charge is 2.13. The van der Waals surface area contributed by atoms with Crippen LogP contribution in [0.5, 0.6) is 0 Å². The van der Waals surface area contributed by atoms with Crippen LogP contribution in [0.3, 0.4) is 0 Å². The van der Waals surface area contributed by atoms with E-state index in [0.29, 0.717) is 11.3 Å². The van der Waals surface area contributed by atoms with Crippen molar-refractivity contribution in [2.24, 2.45) is 0 Å². The SMILES string of the molecule is Clc1nccc(CN[C@H]2CCNC2)n1. The average Bonchev–Trinajstić information content (AvgIpc) is 2.67. The van der Waals surface area contributed by atoms with Gasteiger partial charge < -0.3 is 10.6 Å². The highest BCUT2D eigenvalue weighted by atomic mass is 35.5. The van der Waals surface area contributed by atoms with Crippen molar-refractivity contribution >= 4 is 11.6 Å². The van der Waals surface area contributed by atoms with E-state index in [0.717, 1.165) is 25.3 Å². The highest BCUT2D eigenvalue weighted by Crippen LogP contribution is 2.02. The van der Waals surface area contributed by atoms with Gasteiger partial charge in [-0.3, -0.25) is 0 Å². The Bertz CT molecular complexity index is 299. The third-order valence-electron chi connectivity index (χ3n) is 2.32. The van der Waals surface area contributed by atoms with Gasteiger partial charge in [0.15, 0.2) is 0 Å². The molecule has 0 amide bonds. The topological polar surface area (TPSA) is 49.8 Å². The van der Waals surface area contributed by atoms with Crippen LogP contribution in [-0.2, 0) is 6.54 Å². The van der Waals surface area contributed by atoms with Gasteiger partial charge in [-0.05, 0) is 30.6 Å². The first-order valence-corrected chi connectivity index (χ1v) is 5.14. The summed E-state index contributed by atoms with van der Waals surface area (Å²) >= 11 is 5.68. The van der Waals surface area contributed by atoms with E-state index in [4.69, 9.17) is 11.6 Å². The van der Waals surface area contributed by atoms with Crippen molar-refractivity contribution in [2.45, 2.75) is 19.0 Å². The first kappa shape index (κ1) is 9.83. The second-order valence-electron chi connectivity index (χ2n) is 3.39. The van der Waals surface area contributed by atoms with Crippen LogP contribution in [0.1, 0.15) is 12.1 Å². The maximum absolute atomic E-state index is 5.68. The van der Waals surface area contributed by atoms with E-state index in [1.807, 2.05) is 6.07 Å². The van der Waals surface area contributed by atoms with Gasteiger partial charge in [-0.15, -0.1) is 0 Å². The molecule has 1 fully saturated rings. The molecule has 0 radical (unpaired) electrons. The lowest BCUT2D eigenvalue weighted by molar-refractivity contribution is 0.541. The van der Waals surface area contributed by atoms with Crippen molar-refractivity contribution in [2.75, 3.05) is 13.1 Å². The van der Waals surface area contributed by atoms with E-state index in [2.05, 4.69) is 20.6 Å². The first-order valence-electron chi connectivity index (χ1n) is 4.76. The Labute approximate surface area is 88.1 Å². The summed E-state index contributed by atoms with van der Waals surface area (Å²) in [5, 5.41) is 7.03. The molecule has 14 heavy (non-hydrogen) atoms. The van der Waals surface area contributed by atoms with Crippen molar-refractivity contribution in [1.82, 2.24) is 20.6 Å². The van der Waals surface area contributed by atoms with Crippen LogP contribution in [0.2, 0.25) is 5.28 Å². The average molecular weight is 213 g/mol. The molecule has 0 bridgehead atoms. The molecule has 2 heterocycles. The van der Waals surface area contributed by atoms with Gasteiger partial charge in [0.1, 0.15) is 0 Å². The van der Waals surface area contributed by atoms with Crippen molar-refractivity contribution in [3.05, 3.63) is 23.2 Å². The van der Waals surface area contributed by atoms with E-state index in [-0.39, 0.29) is 0 Å². The molecule has 1 aromatic rings. The quantitative estimate of drug-likeness (QED) is 0.720. The summed E-state index contributed by atoms with van der Waals surface area (Å²) in [6.07, 6.45) is 2.86. The van der Waals surface area contributed by atoms with Crippen LogP contribution in [0.15, 0.2) is 12.3 Å². The van der Waals surface area contributed by atoms with Gasteiger partial charge in [-0.2, -0.15) is 0 Å². The van der Waals surface area contributed by atoms with E-state index in [1.54, 1.807) is 6.20 Å². The lowest BCUT2D eigenvalue weighted by atomic mass is 10.2. The van der Waals surface area contributed by atoms with Crippen LogP contribution >= 0.6 is 11.6 Å². The van der Waals surface area contributed by atoms with E-state index in [9.17, 15) is 0 Å². The molecule has 0 saturated carbocycles. The maximum atomic E-state index is 5.68. The van der Waals surface area contributed by atoms with Crippen molar-refractivity contribution < 1.29 is 0 Å². The summed E-state index contributed by atoms with van der Waals surface area (Å²) in [4.78, 5) is 7.94. The van der Waals surface area contributed by atoms with Crippen LogP contribution in [-0.4, -0.2) is 29.1 Å². The summed E-state index contributed by atoms with van der Waals surface area (Å²) in [6.45, 7) is 2.90. The van der Waals surface area contributed by atoms with Crippen LogP contribution < -0.4 is 10.6 Å². The van der Waals surface area contributed by atoms with Gasteiger partial charge in [0.25, 0.3) is 0 Å². The zero-order valence-electron chi connectivity index (χ0n) is 7.83. The molecule has 2 N–H and O–H groups in total. The number of hydrogen-bond donors (Lipinski definition) is 2. The molecule has 1 atom stereocenters. The minimum atomic E-state index is 0.314. The molecule has 76 valence electrons. The van der Waals surface area contributed by atoms with E-state index >= 15 is 0 Å². The van der Waals surface area contributed by atoms with Gasteiger partial charge in [0.2, 0.25) is 5.28 Å². The molecule has 1 aromatic heterocycles. The molecule has 1 aliphatic heterocycles. The predicted octanol–water partition coefficient (Wildman–Crippen LogP) is 0.582. The summed E-state index contributed by atoms with van der Waals surface area (Å²) in [5.74, 6) is 0. The summed E-state index contributed by atoms with van der Waals surface area (Å²) in [7, 11) is 0. The second-order valence-corrected chi connectivity index (χ2v) is 3.73. The van der Waals surface area contributed by atoms with Gasteiger partial charge in [-0.25, -0.2) is 9.97 Å². The molecule has 0 aromatic carbocycles. The van der Waals surface area contributed by atoms with Crippen LogP contribution in [0, 0.1) is 0 Å². The van der Waals surface area contributed by atoms with E-state index < -0.39 is 0 Å². The largest absolute Gasteiger partial charge is 0.315 e. The third kappa shape index (κ3) is 2.64. The number of aromatic nitrogens is 2. The Balaban J connectivity index is 1.85.